The molecule has 0 heterocycles. The number of carbonyl (C=O) groups excluding carboxylic acids is 1. The number of ether oxygens (including phenoxy) is 2. The Bertz CT molecular complexity index is 1210. The summed E-state index contributed by atoms with van der Waals surface area (Å²) >= 11 is 0. The first-order valence-corrected chi connectivity index (χ1v) is 12.6. The van der Waals surface area contributed by atoms with Crippen LogP contribution in [0.25, 0.3) is 0 Å². The number of hydrogen-bond acceptors (Lipinski definition) is 6. The summed E-state index contributed by atoms with van der Waals surface area (Å²) in [6, 6.07) is 11.7. The quantitative estimate of drug-likeness (QED) is 0.432. The smallest absolute Gasteiger partial charge is 0.490 e. The summed E-state index contributed by atoms with van der Waals surface area (Å²) in [6.45, 7) is 4.02. The Morgan fingerprint density at radius 3 is 2.08 bits per heavy atom. The van der Waals surface area contributed by atoms with Crippen molar-refractivity contribution in [2.45, 2.75) is 55.6 Å². The third kappa shape index (κ3) is 7.51. The van der Waals surface area contributed by atoms with Gasteiger partial charge in [0, 0.05) is 17.8 Å². The van der Waals surface area contributed by atoms with Gasteiger partial charge in [0.15, 0.2) is 0 Å². The van der Waals surface area contributed by atoms with Gasteiger partial charge in [-0.1, -0.05) is 19.1 Å². The van der Waals surface area contributed by atoms with Crippen LogP contribution in [0, 0.1) is 0 Å². The zero-order chi connectivity index (χ0) is 28.0. The van der Waals surface area contributed by atoms with Crippen LogP contribution in [0.15, 0.2) is 47.4 Å². The molecule has 0 spiro atoms. The highest BCUT2D eigenvalue weighted by Crippen LogP contribution is 2.48. The normalized spacial score (nSPS) is 14.9. The third-order valence-corrected chi connectivity index (χ3v) is 7.17. The van der Waals surface area contributed by atoms with Crippen molar-refractivity contribution in [3.8, 4) is 11.5 Å². The Hall–Kier alpha value is -3.48. The van der Waals surface area contributed by atoms with Gasteiger partial charge >= 0.3 is 12.1 Å². The van der Waals surface area contributed by atoms with Gasteiger partial charge < -0.3 is 19.9 Å². The van der Waals surface area contributed by atoms with E-state index in [-0.39, 0.29) is 22.6 Å². The van der Waals surface area contributed by atoms with E-state index in [1.54, 1.807) is 24.3 Å². The van der Waals surface area contributed by atoms with Crippen LogP contribution in [0.1, 0.15) is 38.7 Å². The van der Waals surface area contributed by atoms with Crippen LogP contribution in [-0.4, -0.2) is 51.8 Å². The second kappa shape index (κ2) is 11.7. The lowest BCUT2D eigenvalue weighted by atomic mass is 9.94. The molecule has 37 heavy (non-hydrogen) atoms. The van der Waals surface area contributed by atoms with Crippen molar-refractivity contribution in [2.24, 2.45) is 0 Å². The van der Waals surface area contributed by atoms with Gasteiger partial charge in [0.1, 0.15) is 16.4 Å². The van der Waals surface area contributed by atoms with E-state index in [9.17, 15) is 26.4 Å². The molecule has 0 saturated heterocycles. The lowest BCUT2D eigenvalue weighted by Gasteiger charge is -2.19. The number of anilines is 1. The SMILES string of the molecule is CCC(C)NC(=O)C1(c2ccc(NS(=O)(=O)c3cc(OC)ccc3OC)cc2)CC1.O=C(O)C(F)(F)F. The summed E-state index contributed by atoms with van der Waals surface area (Å²) in [6.07, 6.45) is -2.63. The van der Waals surface area contributed by atoms with Gasteiger partial charge in [0.05, 0.1) is 19.6 Å². The first kappa shape index (κ1) is 29.7. The maximum absolute atomic E-state index is 12.9. The molecule has 3 N–H and O–H groups in total. The number of alkyl halides is 3. The van der Waals surface area contributed by atoms with E-state index in [0.29, 0.717) is 11.4 Å². The summed E-state index contributed by atoms with van der Waals surface area (Å²) in [5.74, 6) is -2.09. The highest BCUT2D eigenvalue weighted by atomic mass is 32.2. The first-order chi connectivity index (χ1) is 17.2. The zero-order valence-electron chi connectivity index (χ0n) is 20.7. The highest BCUT2D eigenvalue weighted by molar-refractivity contribution is 7.92. The molecular weight excluding hydrogens is 517 g/mol. The number of sulfonamides is 1. The molecule has 0 aliphatic heterocycles. The number of carboxylic acids is 1. The summed E-state index contributed by atoms with van der Waals surface area (Å²) in [4.78, 5) is 21.6. The minimum atomic E-state index is -5.08. The minimum Gasteiger partial charge on any atom is -0.497 e. The molecule has 0 aromatic heterocycles. The number of nitrogens with one attached hydrogen (secondary N) is 2. The highest BCUT2D eigenvalue weighted by Gasteiger charge is 2.51. The van der Waals surface area contributed by atoms with Crippen molar-refractivity contribution in [3.05, 3.63) is 48.0 Å². The largest absolute Gasteiger partial charge is 0.497 e. The number of amides is 1. The van der Waals surface area contributed by atoms with Crippen molar-refractivity contribution in [2.75, 3.05) is 18.9 Å². The number of rotatable bonds is 9. The van der Waals surface area contributed by atoms with Crippen LogP contribution in [0.4, 0.5) is 18.9 Å². The van der Waals surface area contributed by atoms with Gasteiger partial charge in [0.2, 0.25) is 5.91 Å². The monoisotopic (exact) mass is 546 g/mol. The Morgan fingerprint density at radius 2 is 1.65 bits per heavy atom. The molecule has 1 saturated carbocycles. The van der Waals surface area contributed by atoms with Crippen LogP contribution in [0.3, 0.4) is 0 Å². The van der Waals surface area contributed by atoms with E-state index < -0.39 is 27.6 Å². The second-order valence-electron chi connectivity index (χ2n) is 8.37. The number of carbonyl (C=O) groups is 2. The number of carboxylic acid groups (broad SMARTS) is 1. The standard InChI is InChI=1S/C22H28N2O5S.C2HF3O2/c1-5-15(2)23-21(25)22(12-13-22)16-6-8-17(9-7-16)24-30(26,27)20-14-18(28-3)10-11-19(20)29-4;3-2(4,5)1(6)7/h6-11,14-15,24H,5,12-13H2,1-4H3,(H,23,25);(H,6,7). The van der Waals surface area contributed by atoms with E-state index in [2.05, 4.69) is 10.0 Å². The molecule has 3 rings (SSSR count). The number of aliphatic carboxylic acids is 1. The molecule has 1 aliphatic carbocycles. The predicted octanol–water partition coefficient (Wildman–Crippen LogP) is 4.08. The van der Waals surface area contributed by atoms with Crippen LogP contribution in [0.5, 0.6) is 11.5 Å². The fraction of sp³-hybridized carbons (Fsp3) is 0.417. The first-order valence-electron chi connectivity index (χ1n) is 11.2. The van der Waals surface area contributed by atoms with Crippen molar-refractivity contribution < 1.29 is 45.8 Å². The molecule has 13 heteroatoms. The van der Waals surface area contributed by atoms with E-state index in [1.165, 1.54) is 20.3 Å². The fourth-order valence-electron chi connectivity index (χ4n) is 3.30. The molecule has 1 unspecified atom stereocenters. The van der Waals surface area contributed by atoms with Gasteiger partial charge in [-0.25, -0.2) is 13.2 Å². The number of methoxy groups -OCH3 is 2. The molecule has 1 fully saturated rings. The summed E-state index contributed by atoms with van der Waals surface area (Å²) in [5, 5.41) is 10.2. The lowest BCUT2D eigenvalue weighted by molar-refractivity contribution is -0.192. The Morgan fingerprint density at radius 1 is 1.08 bits per heavy atom. The van der Waals surface area contributed by atoms with Gasteiger partial charge in [-0.2, -0.15) is 13.2 Å². The molecule has 2 aromatic rings. The van der Waals surface area contributed by atoms with E-state index >= 15 is 0 Å². The van der Waals surface area contributed by atoms with Crippen molar-refractivity contribution in [1.82, 2.24) is 5.32 Å². The van der Waals surface area contributed by atoms with Crippen LogP contribution in [-0.2, 0) is 25.0 Å². The molecule has 1 amide bonds. The Balaban J connectivity index is 0.000000604. The second-order valence-corrected chi connectivity index (χ2v) is 10.0. The third-order valence-electron chi connectivity index (χ3n) is 5.77. The van der Waals surface area contributed by atoms with Crippen molar-refractivity contribution in [3.63, 3.8) is 0 Å². The molecule has 1 atom stereocenters. The molecule has 1 aliphatic rings. The zero-order valence-corrected chi connectivity index (χ0v) is 21.5. The molecule has 204 valence electrons. The van der Waals surface area contributed by atoms with Crippen molar-refractivity contribution >= 4 is 27.6 Å². The van der Waals surface area contributed by atoms with Crippen LogP contribution >= 0.6 is 0 Å². The molecule has 9 nitrogen and oxygen atoms in total. The maximum Gasteiger partial charge on any atom is 0.490 e. The number of halogens is 3. The van der Waals surface area contributed by atoms with Gasteiger partial charge in [-0.05, 0) is 56.0 Å². The topological polar surface area (TPSA) is 131 Å². The Labute approximate surface area is 213 Å². The van der Waals surface area contributed by atoms with E-state index in [1.807, 2.05) is 26.0 Å². The molecule has 2 aromatic carbocycles. The van der Waals surface area contributed by atoms with Gasteiger partial charge in [-0.3, -0.25) is 9.52 Å². The van der Waals surface area contributed by atoms with Crippen LogP contribution in [0.2, 0.25) is 0 Å². The average molecular weight is 547 g/mol. The van der Waals surface area contributed by atoms with Gasteiger partial charge in [-0.15, -0.1) is 0 Å². The van der Waals surface area contributed by atoms with E-state index in [0.717, 1.165) is 24.8 Å². The Kier molecular flexibility index (Phi) is 9.42. The number of benzene rings is 2. The summed E-state index contributed by atoms with van der Waals surface area (Å²) < 4.78 is 70.4. The predicted molar refractivity (Wildman–Crippen MR) is 129 cm³/mol. The van der Waals surface area contributed by atoms with Gasteiger partial charge in [0.25, 0.3) is 10.0 Å². The summed E-state index contributed by atoms with van der Waals surface area (Å²) in [7, 11) is -1.01. The van der Waals surface area contributed by atoms with Crippen molar-refractivity contribution in [1.29, 1.82) is 0 Å². The lowest BCUT2D eigenvalue weighted by Crippen LogP contribution is -2.39. The molecule has 0 bridgehead atoms. The minimum absolute atomic E-state index is 0.0139. The maximum atomic E-state index is 12.9. The fourth-order valence-corrected chi connectivity index (χ4v) is 4.54. The number of hydrogen-bond donors (Lipinski definition) is 3. The van der Waals surface area contributed by atoms with Crippen LogP contribution < -0.4 is 19.5 Å². The van der Waals surface area contributed by atoms with E-state index in [4.69, 9.17) is 19.4 Å². The molecule has 0 radical (unpaired) electrons. The summed E-state index contributed by atoms with van der Waals surface area (Å²) in [5.41, 5.74) is 0.795. The molecular formula is C24H29F3N2O7S. The average Bonchev–Trinajstić information content (AvgIpc) is 3.65.